The third-order valence-corrected chi connectivity index (χ3v) is 0.904. The van der Waals surface area contributed by atoms with Crippen LogP contribution in [-0.2, 0) is 9.47 Å². The zero-order valence-corrected chi connectivity index (χ0v) is 8.44. The highest BCUT2D eigenvalue weighted by Crippen LogP contribution is 1.91. The Kier molecular flexibility index (Phi) is 10.1. The Morgan fingerprint density at radius 2 is 2.08 bits per heavy atom. The topological polar surface area (TPSA) is 47.6 Å². The zero-order valence-electron chi connectivity index (χ0n) is 7.62. The molecule has 0 aliphatic rings. The fraction of sp³-hybridized carbons (Fsp3) is 0.857. The van der Waals surface area contributed by atoms with E-state index in [9.17, 15) is 4.79 Å². The first-order chi connectivity index (χ1) is 5.16. The average molecular weight is 198 g/mol. The van der Waals surface area contributed by atoms with Gasteiger partial charge >= 0.3 is 6.16 Å². The molecule has 0 bridgehead atoms. The van der Waals surface area contributed by atoms with E-state index in [-0.39, 0.29) is 18.5 Å². The Morgan fingerprint density at radius 1 is 1.50 bits per heavy atom. The first-order valence-electron chi connectivity index (χ1n) is 3.65. The molecule has 0 rings (SSSR count). The molecular formula is C7H16ClNO3. The van der Waals surface area contributed by atoms with Crippen molar-refractivity contribution in [1.82, 2.24) is 5.32 Å². The summed E-state index contributed by atoms with van der Waals surface area (Å²) in [6.45, 7) is 4.55. The van der Waals surface area contributed by atoms with Crippen molar-refractivity contribution in [2.45, 2.75) is 20.0 Å². The van der Waals surface area contributed by atoms with Crippen LogP contribution in [0.15, 0.2) is 0 Å². The molecule has 4 nitrogen and oxygen atoms in total. The van der Waals surface area contributed by atoms with Gasteiger partial charge in [-0.05, 0) is 20.9 Å². The number of likely N-dealkylation sites (N-methyl/N-ethyl adjacent to an activating group) is 1. The molecule has 74 valence electrons. The van der Waals surface area contributed by atoms with Crippen molar-refractivity contribution in [2.24, 2.45) is 0 Å². The Morgan fingerprint density at radius 3 is 2.50 bits per heavy atom. The number of hydrogen-bond acceptors (Lipinski definition) is 4. The third-order valence-electron chi connectivity index (χ3n) is 0.904. The second-order valence-corrected chi connectivity index (χ2v) is 2.37. The first-order valence-corrected chi connectivity index (χ1v) is 3.65. The molecule has 0 unspecified atom stereocenters. The number of hydrogen-bond donors (Lipinski definition) is 1. The van der Waals surface area contributed by atoms with Gasteiger partial charge in [0, 0.05) is 6.54 Å². The highest BCUT2D eigenvalue weighted by atomic mass is 35.5. The number of rotatable bonds is 4. The molecule has 0 saturated heterocycles. The van der Waals surface area contributed by atoms with Crippen LogP contribution in [0.5, 0.6) is 0 Å². The van der Waals surface area contributed by atoms with E-state index in [2.05, 4.69) is 10.1 Å². The second-order valence-electron chi connectivity index (χ2n) is 2.37. The van der Waals surface area contributed by atoms with E-state index in [1.54, 1.807) is 20.9 Å². The molecule has 0 spiro atoms. The summed E-state index contributed by atoms with van der Waals surface area (Å²) in [7, 11) is 1.79. The Bertz CT molecular complexity index is 119. The molecule has 0 aromatic rings. The predicted octanol–water partition coefficient (Wildman–Crippen LogP) is 1.19. The van der Waals surface area contributed by atoms with Gasteiger partial charge in [-0.3, -0.25) is 0 Å². The second kappa shape index (κ2) is 8.62. The van der Waals surface area contributed by atoms with Gasteiger partial charge in [-0.1, -0.05) is 0 Å². The lowest BCUT2D eigenvalue weighted by Crippen LogP contribution is -2.19. The summed E-state index contributed by atoms with van der Waals surface area (Å²) in [6.07, 6.45) is -0.715. The molecule has 0 radical (unpaired) electrons. The molecule has 0 heterocycles. The van der Waals surface area contributed by atoms with Crippen LogP contribution in [0.4, 0.5) is 4.79 Å². The van der Waals surface area contributed by atoms with Gasteiger partial charge < -0.3 is 14.8 Å². The Labute approximate surface area is 79.0 Å². The van der Waals surface area contributed by atoms with Crippen molar-refractivity contribution in [2.75, 3.05) is 20.2 Å². The summed E-state index contributed by atoms with van der Waals surface area (Å²) in [4.78, 5) is 10.7. The molecule has 5 heteroatoms. The van der Waals surface area contributed by atoms with E-state index in [1.165, 1.54) is 0 Å². The molecule has 0 saturated carbocycles. The monoisotopic (exact) mass is 197 g/mol. The Balaban J connectivity index is 0. The highest BCUT2D eigenvalue weighted by molar-refractivity contribution is 5.85. The normalized spacial score (nSPS) is 9.00. The van der Waals surface area contributed by atoms with Gasteiger partial charge in [-0.25, -0.2) is 4.79 Å². The Hall–Kier alpha value is -0.480. The number of carbonyl (C=O) groups is 1. The first kappa shape index (κ1) is 14.1. The summed E-state index contributed by atoms with van der Waals surface area (Å²) < 4.78 is 9.38. The lowest BCUT2D eigenvalue weighted by molar-refractivity contribution is 0.0355. The summed E-state index contributed by atoms with van der Waals surface area (Å²) in [6, 6.07) is 0. The molecule has 0 amide bonds. The van der Waals surface area contributed by atoms with Crippen LogP contribution in [0.25, 0.3) is 0 Å². The van der Waals surface area contributed by atoms with E-state index in [1.807, 2.05) is 0 Å². The van der Waals surface area contributed by atoms with Gasteiger partial charge in [0.1, 0.15) is 6.61 Å². The molecule has 0 aromatic heterocycles. The van der Waals surface area contributed by atoms with Crippen LogP contribution in [0, 0.1) is 0 Å². The number of nitrogens with one attached hydrogen (secondary N) is 1. The summed E-state index contributed by atoms with van der Waals surface area (Å²) in [5.41, 5.74) is 0. The molecule has 0 aromatic carbocycles. The molecule has 0 atom stereocenters. The van der Waals surface area contributed by atoms with Gasteiger partial charge in [0.25, 0.3) is 0 Å². The summed E-state index contributed by atoms with van der Waals surface area (Å²) in [5, 5.41) is 2.84. The highest BCUT2D eigenvalue weighted by Gasteiger charge is 2.04. The number of carbonyl (C=O) groups excluding carboxylic acids is 1. The molecule has 12 heavy (non-hydrogen) atoms. The lowest BCUT2D eigenvalue weighted by Gasteiger charge is -2.07. The van der Waals surface area contributed by atoms with E-state index < -0.39 is 6.16 Å². The quantitative estimate of drug-likeness (QED) is 0.543. The van der Waals surface area contributed by atoms with Crippen molar-refractivity contribution in [3.8, 4) is 0 Å². The maximum atomic E-state index is 10.7. The SMILES string of the molecule is CNCCOC(=O)OC(C)C.Cl. The zero-order chi connectivity index (χ0) is 8.69. The average Bonchev–Trinajstić information content (AvgIpc) is 1.86. The van der Waals surface area contributed by atoms with Crippen molar-refractivity contribution in [1.29, 1.82) is 0 Å². The largest absolute Gasteiger partial charge is 0.508 e. The summed E-state index contributed by atoms with van der Waals surface area (Å²) in [5.74, 6) is 0. The molecule has 0 fully saturated rings. The third kappa shape index (κ3) is 9.52. The number of ether oxygens (including phenoxy) is 2. The van der Waals surface area contributed by atoms with Gasteiger partial charge in [-0.2, -0.15) is 0 Å². The molecule has 0 aliphatic heterocycles. The summed E-state index contributed by atoms with van der Waals surface area (Å²) >= 11 is 0. The molecule has 0 aliphatic carbocycles. The fourth-order valence-corrected chi connectivity index (χ4v) is 0.463. The van der Waals surface area contributed by atoms with Gasteiger partial charge in [0.05, 0.1) is 6.10 Å². The van der Waals surface area contributed by atoms with Crippen LogP contribution in [0.3, 0.4) is 0 Å². The minimum Gasteiger partial charge on any atom is -0.433 e. The van der Waals surface area contributed by atoms with E-state index in [0.29, 0.717) is 13.2 Å². The van der Waals surface area contributed by atoms with Crippen molar-refractivity contribution >= 4 is 18.6 Å². The van der Waals surface area contributed by atoms with Crippen LogP contribution in [0.2, 0.25) is 0 Å². The van der Waals surface area contributed by atoms with Gasteiger partial charge in [0.15, 0.2) is 0 Å². The van der Waals surface area contributed by atoms with Crippen LogP contribution in [-0.4, -0.2) is 32.5 Å². The number of halogens is 1. The fourth-order valence-electron chi connectivity index (χ4n) is 0.463. The minimum absolute atomic E-state index is 0. The minimum atomic E-state index is -0.602. The van der Waals surface area contributed by atoms with Crippen molar-refractivity contribution in [3.63, 3.8) is 0 Å². The lowest BCUT2D eigenvalue weighted by atomic mass is 10.5. The van der Waals surface area contributed by atoms with Crippen LogP contribution in [0.1, 0.15) is 13.8 Å². The maximum absolute atomic E-state index is 10.7. The van der Waals surface area contributed by atoms with Gasteiger partial charge in [-0.15, -0.1) is 12.4 Å². The molecule has 1 N–H and O–H groups in total. The van der Waals surface area contributed by atoms with Crippen molar-refractivity contribution < 1.29 is 14.3 Å². The molecular weight excluding hydrogens is 182 g/mol. The van der Waals surface area contributed by atoms with Gasteiger partial charge in [0.2, 0.25) is 0 Å². The smallest absolute Gasteiger partial charge is 0.433 e. The van der Waals surface area contributed by atoms with E-state index >= 15 is 0 Å². The maximum Gasteiger partial charge on any atom is 0.508 e. The van der Waals surface area contributed by atoms with E-state index in [0.717, 1.165) is 0 Å². The standard InChI is InChI=1S/C7H15NO3.ClH/c1-6(2)11-7(9)10-5-4-8-3;/h6,8H,4-5H2,1-3H3;1H. The van der Waals surface area contributed by atoms with Crippen LogP contribution >= 0.6 is 12.4 Å². The van der Waals surface area contributed by atoms with E-state index in [4.69, 9.17) is 4.74 Å². The van der Waals surface area contributed by atoms with Crippen molar-refractivity contribution in [3.05, 3.63) is 0 Å². The van der Waals surface area contributed by atoms with Crippen LogP contribution < -0.4 is 5.32 Å². The predicted molar refractivity (Wildman–Crippen MR) is 48.7 cm³/mol.